The minimum absolute atomic E-state index is 0.123. The zero-order valence-electron chi connectivity index (χ0n) is 13.4. The molecule has 132 valence electrons. The van der Waals surface area contributed by atoms with Gasteiger partial charge >= 0.3 is 0 Å². The predicted octanol–water partition coefficient (Wildman–Crippen LogP) is 1.43. The Morgan fingerprint density at radius 2 is 2.04 bits per heavy atom. The summed E-state index contributed by atoms with van der Waals surface area (Å²) >= 11 is 1.24. The van der Waals surface area contributed by atoms with Crippen molar-refractivity contribution >= 4 is 27.3 Å². The number of carbonyl (C=O) groups excluding carboxylic acids is 1. The van der Waals surface area contributed by atoms with Crippen molar-refractivity contribution in [1.29, 1.82) is 0 Å². The highest BCUT2D eigenvalue weighted by atomic mass is 32.2. The second kappa shape index (κ2) is 6.40. The lowest BCUT2D eigenvalue weighted by Gasteiger charge is -2.25. The van der Waals surface area contributed by atoms with E-state index in [1.165, 1.54) is 28.5 Å². The lowest BCUT2D eigenvalue weighted by molar-refractivity contribution is -0.122. The molecule has 0 bridgehead atoms. The van der Waals surface area contributed by atoms with Crippen LogP contribution in [-0.2, 0) is 26.1 Å². The number of nitrogens with zero attached hydrogens (tertiary/aromatic N) is 1. The van der Waals surface area contributed by atoms with Crippen LogP contribution < -0.4 is 5.32 Å². The molecule has 2 heterocycles. The van der Waals surface area contributed by atoms with Crippen molar-refractivity contribution in [3.63, 3.8) is 0 Å². The van der Waals surface area contributed by atoms with Crippen LogP contribution in [-0.4, -0.2) is 44.9 Å². The van der Waals surface area contributed by atoms with E-state index in [9.17, 15) is 13.2 Å². The number of carbonyl (C=O) groups is 1. The summed E-state index contributed by atoms with van der Waals surface area (Å²) in [6.45, 7) is 2.09. The van der Waals surface area contributed by atoms with Gasteiger partial charge in [0, 0.05) is 23.9 Å². The Morgan fingerprint density at radius 3 is 2.75 bits per heavy atom. The zero-order chi connectivity index (χ0) is 16.7. The van der Waals surface area contributed by atoms with E-state index in [0.717, 1.165) is 17.2 Å². The number of sulfonamides is 1. The van der Waals surface area contributed by atoms with Gasteiger partial charge in [-0.15, -0.1) is 11.3 Å². The number of morpholine rings is 1. The zero-order valence-corrected chi connectivity index (χ0v) is 15.1. The third kappa shape index (κ3) is 3.37. The molecule has 2 saturated carbocycles. The number of amides is 1. The topological polar surface area (TPSA) is 75.7 Å². The van der Waals surface area contributed by atoms with E-state index in [-0.39, 0.29) is 11.8 Å². The molecule has 6 nitrogen and oxygen atoms in total. The molecule has 2 unspecified atom stereocenters. The molecule has 0 radical (unpaired) electrons. The summed E-state index contributed by atoms with van der Waals surface area (Å²) in [4.78, 5) is 13.0. The maximum Gasteiger partial charge on any atom is 0.252 e. The Morgan fingerprint density at radius 1 is 1.29 bits per heavy atom. The number of hydrogen-bond acceptors (Lipinski definition) is 5. The SMILES string of the molecule is O=C(NCc1ccc(S(=O)(=O)N2CCOCC2)s1)C1CC1C1CC1. The van der Waals surface area contributed by atoms with Crippen LogP contribution in [0, 0.1) is 17.8 Å². The molecule has 1 N–H and O–H groups in total. The number of ether oxygens (including phenoxy) is 1. The quantitative estimate of drug-likeness (QED) is 0.822. The summed E-state index contributed by atoms with van der Waals surface area (Å²) in [7, 11) is -3.44. The fourth-order valence-electron chi connectivity index (χ4n) is 3.37. The third-order valence-corrected chi connectivity index (χ3v) is 8.49. The molecule has 24 heavy (non-hydrogen) atoms. The fraction of sp³-hybridized carbons (Fsp3) is 0.688. The number of rotatable bonds is 6. The number of nitrogens with one attached hydrogen (secondary N) is 1. The van der Waals surface area contributed by atoms with Crippen LogP contribution in [0.2, 0.25) is 0 Å². The van der Waals surface area contributed by atoms with Crippen molar-refractivity contribution in [2.45, 2.75) is 30.0 Å². The molecule has 0 spiro atoms. The summed E-state index contributed by atoms with van der Waals surface area (Å²) in [6.07, 6.45) is 3.59. The van der Waals surface area contributed by atoms with Crippen molar-refractivity contribution in [3.05, 3.63) is 17.0 Å². The third-order valence-electron chi connectivity index (χ3n) is 5.04. The minimum Gasteiger partial charge on any atom is -0.379 e. The molecule has 4 rings (SSSR count). The summed E-state index contributed by atoms with van der Waals surface area (Å²) in [6, 6.07) is 3.44. The predicted molar refractivity (Wildman–Crippen MR) is 90.1 cm³/mol. The molecular weight excluding hydrogens is 348 g/mol. The van der Waals surface area contributed by atoms with Crippen molar-refractivity contribution in [1.82, 2.24) is 9.62 Å². The second-order valence-electron chi connectivity index (χ2n) is 6.80. The maximum atomic E-state index is 12.6. The Hall–Kier alpha value is -0.960. The molecule has 1 aliphatic heterocycles. The van der Waals surface area contributed by atoms with Crippen LogP contribution in [0.25, 0.3) is 0 Å². The van der Waals surface area contributed by atoms with E-state index in [1.807, 2.05) is 0 Å². The van der Waals surface area contributed by atoms with E-state index in [4.69, 9.17) is 4.74 Å². The van der Waals surface area contributed by atoms with Crippen LogP contribution in [0.5, 0.6) is 0 Å². The number of hydrogen-bond donors (Lipinski definition) is 1. The molecule has 0 aromatic carbocycles. The van der Waals surface area contributed by atoms with Crippen molar-refractivity contribution in [2.24, 2.45) is 17.8 Å². The first-order valence-electron chi connectivity index (χ1n) is 8.50. The Bertz CT molecular complexity index is 720. The molecule has 2 atom stereocenters. The average molecular weight is 370 g/mol. The molecule has 1 saturated heterocycles. The smallest absolute Gasteiger partial charge is 0.252 e. The molecule has 2 aliphatic carbocycles. The van der Waals surface area contributed by atoms with Crippen LogP contribution in [0.3, 0.4) is 0 Å². The molecule has 1 amide bonds. The highest BCUT2D eigenvalue weighted by molar-refractivity contribution is 7.91. The van der Waals surface area contributed by atoms with Gasteiger partial charge < -0.3 is 10.1 Å². The van der Waals surface area contributed by atoms with Crippen LogP contribution in [0.1, 0.15) is 24.1 Å². The van der Waals surface area contributed by atoms with Gasteiger partial charge in [0.15, 0.2) is 0 Å². The normalized spacial score (nSPS) is 27.8. The summed E-state index contributed by atoms with van der Waals surface area (Å²) in [5.41, 5.74) is 0. The fourth-order valence-corrected chi connectivity index (χ4v) is 6.23. The lowest BCUT2D eigenvalue weighted by atomic mass is 10.2. The van der Waals surface area contributed by atoms with Crippen molar-refractivity contribution in [2.75, 3.05) is 26.3 Å². The molecule has 1 aromatic heterocycles. The maximum absolute atomic E-state index is 12.6. The summed E-state index contributed by atoms with van der Waals surface area (Å²) in [5, 5.41) is 2.96. The summed E-state index contributed by atoms with van der Waals surface area (Å²) in [5.74, 6) is 1.70. The van der Waals surface area contributed by atoms with E-state index < -0.39 is 10.0 Å². The minimum atomic E-state index is -3.44. The van der Waals surface area contributed by atoms with E-state index >= 15 is 0 Å². The van der Waals surface area contributed by atoms with Crippen molar-refractivity contribution < 1.29 is 17.9 Å². The van der Waals surface area contributed by atoms with Gasteiger partial charge in [-0.1, -0.05) is 0 Å². The van der Waals surface area contributed by atoms with Gasteiger partial charge in [0.1, 0.15) is 4.21 Å². The van der Waals surface area contributed by atoms with Gasteiger partial charge in [-0.2, -0.15) is 4.31 Å². The van der Waals surface area contributed by atoms with E-state index in [2.05, 4.69) is 5.32 Å². The Kier molecular flexibility index (Phi) is 4.40. The van der Waals surface area contributed by atoms with Gasteiger partial charge in [-0.25, -0.2) is 8.42 Å². The largest absolute Gasteiger partial charge is 0.379 e. The average Bonchev–Trinajstić information content (AvgIpc) is 3.49. The van der Waals surface area contributed by atoms with Gasteiger partial charge in [0.25, 0.3) is 10.0 Å². The van der Waals surface area contributed by atoms with Crippen LogP contribution in [0.15, 0.2) is 16.3 Å². The Labute approximate surface area is 146 Å². The van der Waals surface area contributed by atoms with Crippen molar-refractivity contribution in [3.8, 4) is 0 Å². The molecule has 8 heteroatoms. The highest BCUT2D eigenvalue weighted by Gasteiger charge is 2.50. The highest BCUT2D eigenvalue weighted by Crippen LogP contribution is 2.54. The van der Waals surface area contributed by atoms with Crippen LogP contribution in [0.4, 0.5) is 0 Å². The second-order valence-corrected chi connectivity index (χ2v) is 10.1. The molecule has 1 aromatic rings. The first-order chi connectivity index (χ1) is 11.6. The first-order valence-corrected chi connectivity index (χ1v) is 10.8. The summed E-state index contributed by atoms with van der Waals surface area (Å²) < 4.78 is 32.2. The molecule has 3 fully saturated rings. The lowest BCUT2D eigenvalue weighted by Crippen LogP contribution is -2.40. The number of thiophene rings is 1. The van der Waals surface area contributed by atoms with E-state index in [1.54, 1.807) is 12.1 Å². The van der Waals surface area contributed by atoms with E-state index in [0.29, 0.717) is 43.0 Å². The van der Waals surface area contributed by atoms with Gasteiger partial charge in [-0.05, 0) is 43.2 Å². The van der Waals surface area contributed by atoms with Gasteiger partial charge in [0.2, 0.25) is 5.91 Å². The van der Waals surface area contributed by atoms with Gasteiger partial charge in [0.05, 0.1) is 19.8 Å². The monoisotopic (exact) mass is 370 g/mol. The first kappa shape index (κ1) is 16.5. The standard InChI is InChI=1S/C16H22N2O4S2/c19-16(14-9-13(14)11-1-2-11)17-10-12-3-4-15(23-12)24(20,21)18-5-7-22-8-6-18/h3-4,11,13-14H,1-2,5-10H2,(H,17,19). The molecular formula is C16H22N2O4S2. The Balaban J connectivity index is 1.33. The van der Waals surface area contributed by atoms with Gasteiger partial charge in [-0.3, -0.25) is 4.79 Å². The molecule has 3 aliphatic rings. The van der Waals surface area contributed by atoms with Crippen LogP contribution >= 0.6 is 11.3 Å².